The number of rotatable bonds is 8. The van der Waals surface area contributed by atoms with Gasteiger partial charge in [-0.2, -0.15) is 0 Å². The zero-order valence-corrected chi connectivity index (χ0v) is 12.1. The SMILES string of the molecule is CNC(=O)COc1cccc(NS(=O)(=O)CCC(=O)O)c1. The van der Waals surface area contributed by atoms with Crippen molar-refractivity contribution in [2.24, 2.45) is 0 Å². The van der Waals surface area contributed by atoms with Crippen molar-refractivity contribution in [2.45, 2.75) is 6.42 Å². The first kappa shape index (κ1) is 16.8. The molecule has 1 rings (SSSR count). The van der Waals surface area contributed by atoms with Crippen molar-refractivity contribution < 1.29 is 27.9 Å². The van der Waals surface area contributed by atoms with Gasteiger partial charge in [0.05, 0.1) is 17.9 Å². The summed E-state index contributed by atoms with van der Waals surface area (Å²) in [5.41, 5.74) is 0.231. The summed E-state index contributed by atoms with van der Waals surface area (Å²) in [6, 6.07) is 6.01. The van der Waals surface area contributed by atoms with E-state index in [0.717, 1.165) is 0 Å². The van der Waals surface area contributed by atoms with E-state index < -0.39 is 28.2 Å². The Bertz CT molecular complexity index is 614. The summed E-state index contributed by atoms with van der Waals surface area (Å²) in [7, 11) is -2.28. The van der Waals surface area contributed by atoms with Gasteiger partial charge in [-0.3, -0.25) is 14.3 Å². The van der Waals surface area contributed by atoms with Crippen LogP contribution in [-0.4, -0.2) is 44.8 Å². The third-order valence-electron chi connectivity index (χ3n) is 2.34. The molecule has 1 aromatic carbocycles. The Kier molecular flexibility index (Phi) is 5.97. The molecule has 0 unspecified atom stereocenters. The molecular formula is C12H16N2O6S. The molecule has 0 spiro atoms. The van der Waals surface area contributed by atoms with Gasteiger partial charge in [-0.25, -0.2) is 8.42 Å². The number of benzene rings is 1. The van der Waals surface area contributed by atoms with E-state index in [0.29, 0.717) is 5.75 Å². The number of amides is 1. The quantitative estimate of drug-likeness (QED) is 0.622. The van der Waals surface area contributed by atoms with E-state index in [2.05, 4.69) is 10.0 Å². The van der Waals surface area contributed by atoms with Gasteiger partial charge in [0.15, 0.2) is 6.61 Å². The highest BCUT2D eigenvalue weighted by Crippen LogP contribution is 2.18. The first-order valence-corrected chi connectivity index (χ1v) is 7.63. The first-order valence-electron chi connectivity index (χ1n) is 5.98. The number of hydrogen-bond acceptors (Lipinski definition) is 5. The van der Waals surface area contributed by atoms with Gasteiger partial charge in [-0.05, 0) is 12.1 Å². The van der Waals surface area contributed by atoms with E-state index in [-0.39, 0.29) is 18.2 Å². The summed E-state index contributed by atoms with van der Waals surface area (Å²) in [6.07, 6.45) is -0.484. The Morgan fingerprint density at radius 3 is 2.67 bits per heavy atom. The first-order chi connectivity index (χ1) is 9.82. The van der Waals surface area contributed by atoms with Crippen LogP contribution in [0.1, 0.15) is 6.42 Å². The molecule has 8 nitrogen and oxygen atoms in total. The maximum atomic E-state index is 11.6. The second-order valence-electron chi connectivity index (χ2n) is 4.05. The van der Waals surface area contributed by atoms with Crippen LogP contribution in [0.2, 0.25) is 0 Å². The summed E-state index contributed by atoms with van der Waals surface area (Å²) in [5, 5.41) is 10.9. The summed E-state index contributed by atoms with van der Waals surface area (Å²) in [4.78, 5) is 21.4. The molecule has 0 aromatic heterocycles. The fourth-order valence-corrected chi connectivity index (χ4v) is 2.35. The average Bonchev–Trinajstić information content (AvgIpc) is 2.42. The lowest BCUT2D eigenvalue weighted by molar-refractivity contribution is -0.136. The minimum absolute atomic E-state index is 0.189. The van der Waals surface area contributed by atoms with Crippen molar-refractivity contribution in [3.63, 3.8) is 0 Å². The maximum Gasteiger partial charge on any atom is 0.304 e. The zero-order valence-electron chi connectivity index (χ0n) is 11.3. The van der Waals surface area contributed by atoms with Crippen LogP contribution in [0, 0.1) is 0 Å². The molecule has 0 aliphatic carbocycles. The summed E-state index contributed by atoms with van der Waals surface area (Å²) < 4.78 is 30.7. The lowest BCUT2D eigenvalue weighted by atomic mass is 10.3. The molecule has 0 aliphatic heterocycles. The van der Waals surface area contributed by atoms with Gasteiger partial charge < -0.3 is 15.2 Å². The highest BCUT2D eigenvalue weighted by molar-refractivity contribution is 7.92. The number of ether oxygens (including phenoxy) is 1. The molecule has 1 amide bonds. The van der Waals surface area contributed by atoms with Gasteiger partial charge in [-0.1, -0.05) is 6.07 Å². The highest BCUT2D eigenvalue weighted by atomic mass is 32.2. The molecule has 1 aromatic rings. The number of carbonyl (C=O) groups is 2. The molecule has 0 bridgehead atoms. The van der Waals surface area contributed by atoms with Gasteiger partial charge in [0.25, 0.3) is 5.91 Å². The van der Waals surface area contributed by atoms with Gasteiger partial charge in [-0.15, -0.1) is 0 Å². The molecule has 0 fully saturated rings. The van der Waals surface area contributed by atoms with Gasteiger partial charge in [0, 0.05) is 13.1 Å². The molecule has 0 aliphatic rings. The molecule has 0 atom stereocenters. The molecule has 0 saturated carbocycles. The van der Waals surface area contributed by atoms with Crippen LogP contribution >= 0.6 is 0 Å². The number of aliphatic carboxylic acids is 1. The normalized spacial score (nSPS) is 10.7. The van der Waals surface area contributed by atoms with Crippen molar-refractivity contribution in [1.82, 2.24) is 5.32 Å². The van der Waals surface area contributed by atoms with Crippen LogP contribution in [0.3, 0.4) is 0 Å². The van der Waals surface area contributed by atoms with Gasteiger partial charge in [0.1, 0.15) is 5.75 Å². The summed E-state index contributed by atoms with van der Waals surface area (Å²) >= 11 is 0. The Morgan fingerprint density at radius 2 is 2.05 bits per heavy atom. The van der Waals surface area contributed by atoms with E-state index in [1.165, 1.54) is 19.2 Å². The second kappa shape index (κ2) is 7.48. The van der Waals surface area contributed by atoms with Crippen molar-refractivity contribution in [2.75, 3.05) is 24.1 Å². The maximum absolute atomic E-state index is 11.6. The molecule has 9 heteroatoms. The Morgan fingerprint density at radius 1 is 1.33 bits per heavy atom. The number of carbonyl (C=O) groups excluding carboxylic acids is 1. The van der Waals surface area contributed by atoms with Crippen LogP contribution in [0.25, 0.3) is 0 Å². The second-order valence-corrected chi connectivity index (χ2v) is 5.90. The van der Waals surface area contributed by atoms with E-state index in [1.807, 2.05) is 0 Å². The lowest BCUT2D eigenvalue weighted by Crippen LogP contribution is -2.24. The molecule has 0 radical (unpaired) electrons. The number of sulfonamides is 1. The monoisotopic (exact) mass is 316 g/mol. The predicted octanol–water partition coefficient (Wildman–Crippen LogP) is 0.0278. The molecule has 0 saturated heterocycles. The van der Waals surface area contributed by atoms with E-state index in [1.54, 1.807) is 12.1 Å². The fourth-order valence-electron chi connectivity index (χ4n) is 1.32. The lowest BCUT2D eigenvalue weighted by Gasteiger charge is -2.09. The molecule has 0 heterocycles. The number of anilines is 1. The van der Waals surface area contributed by atoms with Crippen LogP contribution in [0.15, 0.2) is 24.3 Å². The average molecular weight is 316 g/mol. The Balaban J connectivity index is 2.67. The smallest absolute Gasteiger partial charge is 0.304 e. The number of likely N-dealkylation sites (N-methyl/N-ethyl adjacent to an activating group) is 1. The number of hydrogen-bond donors (Lipinski definition) is 3. The van der Waals surface area contributed by atoms with Crippen LogP contribution in [-0.2, 0) is 19.6 Å². The molecular weight excluding hydrogens is 300 g/mol. The number of carboxylic acid groups (broad SMARTS) is 1. The van der Waals surface area contributed by atoms with Crippen molar-refractivity contribution in [3.8, 4) is 5.75 Å². The minimum atomic E-state index is -3.75. The largest absolute Gasteiger partial charge is 0.484 e. The third kappa shape index (κ3) is 6.61. The van der Waals surface area contributed by atoms with Crippen LogP contribution in [0.4, 0.5) is 5.69 Å². The Hall–Kier alpha value is -2.29. The van der Waals surface area contributed by atoms with Gasteiger partial charge >= 0.3 is 5.97 Å². The molecule has 21 heavy (non-hydrogen) atoms. The predicted molar refractivity (Wildman–Crippen MR) is 75.7 cm³/mol. The summed E-state index contributed by atoms with van der Waals surface area (Å²) in [6.45, 7) is -0.189. The highest BCUT2D eigenvalue weighted by Gasteiger charge is 2.13. The number of carboxylic acids is 1. The molecule has 116 valence electrons. The van der Waals surface area contributed by atoms with E-state index in [4.69, 9.17) is 9.84 Å². The minimum Gasteiger partial charge on any atom is -0.484 e. The Labute approximate surface area is 122 Å². The van der Waals surface area contributed by atoms with E-state index in [9.17, 15) is 18.0 Å². The fraction of sp³-hybridized carbons (Fsp3) is 0.333. The summed E-state index contributed by atoms with van der Waals surface area (Å²) in [5.74, 6) is -1.71. The number of nitrogens with one attached hydrogen (secondary N) is 2. The zero-order chi connectivity index (χ0) is 15.9. The standard InChI is InChI=1S/C12H16N2O6S/c1-13-11(15)8-20-10-4-2-3-9(7-10)14-21(18,19)6-5-12(16)17/h2-4,7,14H,5-6,8H2,1H3,(H,13,15)(H,16,17). The topological polar surface area (TPSA) is 122 Å². The third-order valence-corrected chi connectivity index (χ3v) is 3.63. The van der Waals surface area contributed by atoms with Gasteiger partial charge in [0.2, 0.25) is 10.0 Å². The van der Waals surface area contributed by atoms with E-state index >= 15 is 0 Å². The molecule has 3 N–H and O–H groups in total. The van der Waals surface area contributed by atoms with Crippen LogP contribution in [0.5, 0.6) is 5.75 Å². The van der Waals surface area contributed by atoms with Crippen LogP contribution < -0.4 is 14.8 Å². The van der Waals surface area contributed by atoms with Crippen molar-refractivity contribution in [1.29, 1.82) is 0 Å². The van der Waals surface area contributed by atoms with Crippen molar-refractivity contribution in [3.05, 3.63) is 24.3 Å². The van der Waals surface area contributed by atoms with Crippen molar-refractivity contribution >= 4 is 27.6 Å².